The standard InChI is InChI=1S/C13H12F2N2O3S/c14-11-3-4-12(13(15)10(11)8-18)21(19,20)17-7-9-2-1-5-16-6-9/h1-6,17-18H,7-8H2. The lowest BCUT2D eigenvalue weighted by atomic mass is 10.2. The lowest BCUT2D eigenvalue weighted by Gasteiger charge is -2.10. The van der Waals surface area contributed by atoms with E-state index in [0.29, 0.717) is 5.56 Å². The first-order valence-corrected chi connectivity index (χ1v) is 7.40. The summed E-state index contributed by atoms with van der Waals surface area (Å²) in [6.45, 7) is -1.01. The summed E-state index contributed by atoms with van der Waals surface area (Å²) in [6.07, 6.45) is 2.99. The Morgan fingerprint density at radius 2 is 2.00 bits per heavy atom. The third-order valence-electron chi connectivity index (χ3n) is 2.79. The second-order valence-electron chi connectivity index (χ2n) is 4.18. The van der Waals surface area contributed by atoms with Crippen molar-refractivity contribution in [2.24, 2.45) is 0 Å². The first-order chi connectivity index (χ1) is 9.95. The van der Waals surface area contributed by atoms with E-state index >= 15 is 0 Å². The number of aliphatic hydroxyl groups is 1. The molecule has 0 unspecified atom stereocenters. The van der Waals surface area contributed by atoms with E-state index in [2.05, 4.69) is 9.71 Å². The highest BCUT2D eigenvalue weighted by Gasteiger charge is 2.23. The predicted octanol–water partition coefficient (Wildman–Crippen LogP) is 1.33. The number of pyridine rings is 1. The van der Waals surface area contributed by atoms with Gasteiger partial charge in [0.15, 0.2) is 5.82 Å². The van der Waals surface area contributed by atoms with Crippen LogP contribution in [0.2, 0.25) is 0 Å². The van der Waals surface area contributed by atoms with E-state index in [-0.39, 0.29) is 6.54 Å². The molecule has 21 heavy (non-hydrogen) atoms. The van der Waals surface area contributed by atoms with Crippen molar-refractivity contribution in [3.8, 4) is 0 Å². The third-order valence-corrected chi connectivity index (χ3v) is 4.21. The number of nitrogens with one attached hydrogen (secondary N) is 1. The molecule has 5 nitrogen and oxygen atoms in total. The van der Waals surface area contributed by atoms with Gasteiger partial charge in [0.25, 0.3) is 0 Å². The number of nitrogens with zero attached hydrogens (tertiary/aromatic N) is 1. The molecule has 1 aromatic heterocycles. The van der Waals surface area contributed by atoms with Crippen LogP contribution >= 0.6 is 0 Å². The van der Waals surface area contributed by atoms with Gasteiger partial charge >= 0.3 is 0 Å². The lowest BCUT2D eigenvalue weighted by molar-refractivity contribution is 0.267. The zero-order valence-electron chi connectivity index (χ0n) is 10.8. The maximum Gasteiger partial charge on any atom is 0.243 e. The number of benzene rings is 1. The monoisotopic (exact) mass is 314 g/mol. The van der Waals surface area contributed by atoms with Crippen molar-refractivity contribution in [1.82, 2.24) is 9.71 Å². The van der Waals surface area contributed by atoms with Crippen molar-refractivity contribution in [3.05, 3.63) is 59.4 Å². The molecule has 112 valence electrons. The molecule has 0 radical (unpaired) electrons. The highest BCUT2D eigenvalue weighted by Crippen LogP contribution is 2.21. The molecule has 0 aliphatic heterocycles. The average Bonchev–Trinajstić information content (AvgIpc) is 2.46. The van der Waals surface area contributed by atoms with E-state index in [0.717, 1.165) is 12.1 Å². The van der Waals surface area contributed by atoms with Crippen LogP contribution in [0.5, 0.6) is 0 Å². The summed E-state index contributed by atoms with van der Waals surface area (Å²) in [5.41, 5.74) is -0.0924. The van der Waals surface area contributed by atoms with Gasteiger partial charge in [-0.2, -0.15) is 0 Å². The maximum absolute atomic E-state index is 13.9. The molecule has 0 saturated carbocycles. The number of sulfonamides is 1. The summed E-state index contributed by atoms with van der Waals surface area (Å²) in [4.78, 5) is 3.11. The second-order valence-corrected chi connectivity index (χ2v) is 5.92. The largest absolute Gasteiger partial charge is 0.391 e. The molecule has 0 amide bonds. The molecule has 1 heterocycles. The molecule has 0 fully saturated rings. The molecule has 0 aliphatic rings. The summed E-state index contributed by atoms with van der Waals surface area (Å²) in [5.74, 6) is -2.29. The predicted molar refractivity (Wildman–Crippen MR) is 70.5 cm³/mol. The Morgan fingerprint density at radius 1 is 1.24 bits per heavy atom. The molecule has 2 rings (SSSR count). The fourth-order valence-electron chi connectivity index (χ4n) is 1.69. The molecule has 0 bridgehead atoms. The van der Waals surface area contributed by atoms with Crippen LogP contribution in [0.3, 0.4) is 0 Å². The number of hydrogen-bond donors (Lipinski definition) is 2. The normalized spacial score (nSPS) is 11.6. The van der Waals surface area contributed by atoms with Crippen molar-refractivity contribution >= 4 is 10.0 Å². The summed E-state index contributed by atoms with van der Waals surface area (Å²) in [7, 11) is -4.17. The number of aliphatic hydroxyl groups excluding tert-OH is 1. The average molecular weight is 314 g/mol. The quantitative estimate of drug-likeness (QED) is 0.872. The van der Waals surface area contributed by atoms with Gasteiger partial charge in [-0.05, 0) is 23.8 Å². The lowest BCUT2D eigenvalue weighted by Crippen LogP contribution is -2.25. The fourth-order valence-corrected chi connectivity index (χ4v) is 2.81. The van der Waals surface area contributed by atoms with Crippen LogP contribution in [0.25, 0.3) is 0 Å². The highest BCUT2D eigenvalue weighted by atomic mass is 32.2. The Bertz CT molecular complexity index is 737. The van der Waals surface area contributed by atoms with E-state index < -0.39 is 38.7 Å². The highest BCUT2D eigenvalue weighted by molar-refractivity contribution is 7.89. The van der Waals surface area contributed by atoms with E-state index in [1.807, 2.05) is 0 Å². The minimum absolute atomic E-state index is 0.0819. The molecule has 1 aromatic carbocycles. The van der Waals surface area contributed by atoms with Gasteiger partial charge in [-0.25, -0.2) is 21.9 Å². The van der Waals surface area contributed by atoms with Gasteiger partial charge in [-0.3, -0.25) is 4.98 Å². The van der Waals surface area contributed by atoms with Crippen LogP contribution in [0.1, 0.15) is 11.1 Å². The summed E-state index contributed by atoms with van der Waals surface area (Å²) >= 11 is 0. The number of halogens is 2. The van der Waals surface area contributed by atoms with Gasteiger partial charge in [0.1, 0.15) is 10.7 Å². The van der Waals surface area contributed by atoms with Gasteiger partial charge in [0, 0.05) is 18.9 Å². The van der Waals surface area contributed by atoms with Crippen molar-refractivity contribution < 1.29 is 22.3 Å². The SMILES string of the molecule is O=S(=O)(NCc1cccnc1)c1ccc(F)c(CO)c1F. The van der Waals surface area contributed by atoms with E-state index in [4.69, 9.17) is 5.11 Å². The molecular formula is C13H12F2N2O3S. The Balaban J connectivity index is 2.28. The van der Waals surface area contributed by atoms with Gasteiger partial charge in [-0.1, -0.05) is 6.07 Å². The topological polar surface area (TPSA) is 79.3 Å². The maximum atomic E-state index is 13.9. The first kappa shape index (κ1) is 15.5. The molecular weight excluding hydrogens is 302 g/mol. The molecule has 0 spiro atoms. The second kappa shape index (κ2) is 6.25. The smallest absolute Gasteiger partial charge is 0.243 e. The number of aromatic nitrogens is 1. The van der Waals surface area contributed by atoms with Crippen molar-refractivity contribution in [3.63, 3.8) is 0 Å². The molecule has 0 saturated heterocycles. The van der Waals surface area contributed by atoms with Crippen LogP contribution in [0.4, 0.5) is 8.78 Å². The Morgan fingerprint density at radius 3 is 2.62 bits per heavy atom. The van der Waals surface area contributed by atoms with Crippen LogP contribution in [0, 0.1) is 11.6 Å². The zero-order valence-corrected chi connectivity index (χ0v) is 11.6. The van der Waals surface area contributed by atoms with Crippen molar-refractivity contribution in [1.29, 1.82) is 0 Å². The molecule has 2 aromatic rings. The minimum Gasteiger partial charge on any atom is -0.391 e. The van der Waals surface area contributed by atoms with Gasteiger partial charge in [-0.15, -0.1) is 0 Å². The molecule has 0 aliphatic carbocycles. The van der Waals surface area contributed by atoms with Crippen LogP contribution in [0.15, 0.2) is 41.6 Å². The Hall–Kier alpha value is -1.90. The van der Waals surface area contributed by atoms with E-state index in [9.17, 15) is 17.2 Å². The summed E-state index contributed by atoms with van der Waals surface area (Å²) < 4.78 is 53.4. The minimum atomic E-state index is -4.17. The number of rotatable bonds is 5. The van der Waals surface area contributed by atoms with Crippen molar-refractivity contribution in [2.75, 3.05) is 0 Å². The number of hydrogen-bond acceptors (Lipinski definition) is 4. The fraction of sp³-hybridized carbons (Fsp3) is 0.154. The van der Waals surface area contributed by atoms with Crippen molar-refractivity contribution in [2.45, 2.75) is 18.0 Å². The Kier molecular flexibility index (Phi) is 4.61. The Labute approximate surface area is 120 Å². The molecule has 2 N–H and O–H groups in total. The van der Waals surface area contributed by atoms with Crippen LogP contribution in [-0.2, 0) is 23.2 Å². The first-order valence-electron chi connectivity index (χ1n) is 5.92. The van der Waals surface area contributed by atoms with E-state index in [1.165, 1.54) is 12.4 Å². The van der Waals surface area contributed by atoms with E-state index in [1.54, 1.807) is 12.1 Å². The van der Waals surface area contributed by atoms with Gasteiger partial charge < -0.3 is 5.11 Å². The van der Waals surface area contributed by atoms with Crippen LogP contribution in [-0.4, -0.2) is 18.5 Å². The van der Waals surface area contributed by atoms with Gasteiger partial charge in [0.2, 0.25) is 10.0 Å². The van der Waals surface area contributed by atoms with Crippen LogP contribution < -0.4 is 4.72 Å². The molecule has 8 heteroatoms. The summed E-state index contributed by atoms with van der Waals surface area (Å²) in [5, 5.41) is 8.89. The summed E-state index contributed by atoms with van der Waals surface area (Å²) in [6, 6.07) is 4.89. The zero-order chi connectivity index (χ0) is 15.5. The third kappa shape index (κ3) is 3.41. The molecule has 0 atom stereocenters. The van der Waals surface area contributed by atoms with Gasteiger partial charge in [0.05, 0.1) is 12.2 Å².